The van der Waals surface area contributed by atoms with Crippen molar-refractivity contribution < 1.29 is 22.7 Å². The van der Waals surface area contributed by atoms with Crippen LogP contribution in [0.25, 0.3) is 0 Å². The van der Waals surface area contributed by atoms with E-state index in [0.717, 1.165) is 6.54 Å². The van der Waals surface area contributed by atoms with Crippen molar-refractivity contribution >= 4 is 33.2 Å². The van der Waals surface area contributed by atoms with E-state index < -0.39 is 10.0 Å². The van der Waals surface area contributed by atoms with Crippen molar-refractivity contribution in [2.24, 2.45) is 5.92 Å². The zero-order valence-corrected chi connectivity index (χ0v) is 20.7. The molecule has 10 heteroatoms. The quantitative estimate of drug-likeness (QED) is 0.676. The van der Waals surface area contributed by atoms with Gasteiger partial charge in [0, 0.05) is 39.0 Å². The summed E-state index contributed by atoms with van der Waals surface area (Å²) in [4.78, 5) is 14.8. The Morgan fingerprint density at radius 2 is 1.94 bits per heavy atom. The number of carbonyl (C=O) groups is 1. The summed E-state index contributed by atoms with van der Waals surface area (Å²) in [7, 11) is -0.628. The van der Waals surface area contributed by atoms with E-state index in [1.165, 1.54) is 18.2 Å². The number of nitrogens with zero attached hydrogens (tertiary/aromatic N) is 1. The maximum absolute atomic E-state index is 13.3. The molecule has 0 aromatic heterocycles. The molecular weight excluding hydrogens is 466 g/mol. The number of hydrogen-bond acceptors (Lipinski definition) is 6. The number of methoxy groups -OCH3 is 1. The van der Waals surface area contributed by atoms with Gasteiger partial charge >= 0.3 is 0 Å². The Bertz CT molecular complexity index is 1100. The lowest BCUT2D eigenvalue weighted by Gasteiger charge is -2.30. The van der Waals surface area contributed by atoms with Crippen LogP contribution in [0.1, 0.15) is 24.2 Å². The maximum atomic E-state index is 13.3. The molecule has 2 aromatic rings. The van der Waals surface area contributed by atoms with Gasteiger partial charge in [-0.1, -0.05) is 30.7 Å². The summed E-state index contributed by atoms with van der Waals surface area (Å²) in [5.74, 6) is 0.253. The highest BCUT2D eigenvalue weighted by Gasteiger charge is 2.26. The van der Waals surface area contributed by atoms with Gasteiger partial charge < -0.3 is 19.7 Å². The van der Waals surface area contributed by atoms with E-state index >= 15 is 0 Å². The summed E-state index contributed by atoms with van der Waals surface area (Å²) in [6.07, 6.45) is -0.163. The number of amides is 1. The number of halogens is 1. The van der Waals surface area contributed by atoms with Crippen molar-refractivity contribution in [3.8, 4) is 5.75 Å². The second-order valence-corrected chi connectivity index (χ2v) is 10.4. The molecule has 0 radical (unpaired) electrons. The highest BCUT2D eigenvalue weighted by Crippen LogP contribution is 2.28. The standard InChI is InChI=1S/C23H30ClN3O5S/c1-15-12-25-16(2)14-32-20-10-9-17(11-18(20)23(28)27(3)13-21(15)31-4)26-33(29,30)22-8-6-5-7-19(22)24/h5-11,15-16,21,25-26H,12-14H2,1-4H3/t15-,16+,21-/m0/s1. The zero-order chi connectivity index (χ0) is 24.2. The van der Waals surface area contributed by atoms with Crippen LogP contribution in [0.4, 0.5) is 5.69 Å². The average molecular weight is 496 g/mol. The molecule has 0 fully saturated rings. The van der Waals surface area contributed by atoms with E-state index in [2.05, 4.69) is 17.0 Å². The first-order valence-corrected chi connectivity index (χ1v) is 12.5. The molecule has 1 amide bonds. The first-order chi connectivity index (χ1) is 15.6. The lowest BCUT2D eigenvalue weighted by molar-refractivity contribution is 0.0281. The van der Waals surface area contributed by atoms with Gasteiger partial charge in [-0.2, -0.15) is 0 Å². The minimum absolute atomic E-state index is 0.0449. The second-order valence-electron chi connectivity index (χ2n) is 8.30. The van der Waals surface area contributed by atoms with Crippen LogP contribution < -0.4 is 14.8 Å². The first kappa shape index (κ1) is 25.3. The van der Waals surface area contributed by atoms with E-state index in [9.17, 15) is 13.2 Å². The lowest BCUT2D eigenvalue weighted by atomic mass is 10.0. The fourth-order valence-corrected chi connectivity index (χ4v) is 5.17. The van der Waals surface area contributed by atoms with Gasteiger partial charge in [-0.3, -0.25) is 9.52 Å². The third kappa shape index (κ3) is 6.17. The van der Waals surface area contributed by atoms with Gasteiger partial charge in [0.05, 0.1) is 16.7 Å². The Morgan fingerprint density at radius 1 is 1.21 bits per heavy atom. The molecule has 1 aliphatic heterocycles. The normalized spacial score (nSPS) is 22.5. The van der Waals surface area contributed by atoms with Gasteiger partial charge in [-0.15, -0.1) is 0 Å². The predicted octanol–water partition coefficient (Wildman–Crippen LogP) is 3.23. The minimum atomic E-state index is -3.95. The monoisotopic (exact) mass is 495 g/mol. The maximum Gasteiger partial charge on any atom is 0.263 e. The van der Waals surface area contributed by atoms with Gasteiger partial charge in [-0.25, -0.2) is 8.42 Å². The van der Waals surface area contributed by atoms with Crippen molar-refractivity contribution in [1.82, 2.24) is 10.2 Å². The summed E-state index contributed by atoms with van der Waals surface area (Å²) in [6.45, 7) is 5.51. The van der Waals surface area contributed by atoms with E-state index in [1.54, 1.807) is 43.3 Å². The molecule has 8 nitrogen and oxygen atoms in total. The molecule has 33 heavy (non-hydrogen) atoms. The molecule has 3 rings (SSSR count). The molecule has 180 valence electrons. The summed E-state index contributed by atoms with van der Waals surface area (Å²) >= 11 is 6.07. The molecular formula is C23H30ClN3O5S. The highest BCUT2D eigenvalue weighted by molar-refractivity contribution is 7.92. The molecule has 0 saturated heterocycles. The number of ether oxygens (including phenoxy) is 2. The van der Waals surface area contributed by atoms with Crippen LogP contribution in [0.15, 0.2) is 47.4 Å². The zero-order valence-electron chi connectivity index (χ0n) is 19.2. The van der Waals surface area contributed by atoms with Crippen LogP contribution in [0.3, 0.4) is 0 Å². The first-order valence-electron chi connectivity index (χ1n) is 10.7. The number of carbonyl (C=O) groups excluding carboxylic acids is 1. The van der Waals surface area contributed by atoms with E-state index in [0.29, 0.717) is 18.9 Å². The summed E-state index contributed by atoms with van der Waals surface area (Å²) < 4.78 is 39.8. The SMILES string of the molecule is CO[C@H]1CN(C)C(=O)c2cc(NS(=O)(=O)c3ccccc3Cl)ccc2OC[C@@H](C)NC[C@@H]1C. The van der Waals surface area contributed by atoms with E-state index in [4.69, 9.17) is 21.1 Å². The van der Waals surface area contributed by atoms with Crippen LogP contribution in [0.2, 0.25) is 5.02 Å². The van der Waals surface area contributed by atoms with Crippen LogP contribution in [0.5, 0.6) is 5.75 Å². The Morgan fingerprint density at radius 3 is 2.64 bits per heavy atom. The largest absolute Gasteiger partial charge is 0.491 e. The molecule has 2 aromatic carbocycles. The number of hydrogen-bond donors (Lipinski definition) is 2. The van der Waals surface area contributed by atoms with E-state index in [-0.39, 0.29) is 45.1 Å². The Labute approximate surface area is 200 Å². The van der Waals surface area contributed by atoms with Gasteiger partial charge in [0.15, 0.2) is 0 Å². The summed E-state index contributed by atoms with van der Waals surface area (Å²) in [5.41, 5.74) is 0.487. The topological polar surface area (TPSA) is 97.0 Å². The number of sulfonamides is 1. The molecule has 1 aliphatic rings. The van der Waals surface area contributed by atoms with Crippen LogP contribution in [-0.4, -0.2) is 65.2 Å². The number of anilines is 1. The van der Waals surface area contributed by atoms with Gasteiger partial charge in [0.25, 0.3) is 15.9 Å². The summed E-state index contributed by atoms with van der Waals surface area (Å²) in [5, 5.41) is 3.53. The molecule has 1 heterocycles. The molecule has 3 atom stereocenters. The fourth-order valence-electron chi connectivity index (χ4n) is 3.60. The molecule has 2 N–H and O–H groups in total. The van der Waals surface area contributed by atoms with Crippen LogP contribution >= 0.6 is 11.6 Å². The van der Waals surface area contributed by atoms with E-state index in [1.807, 2.05) is 6.92 Å². The van der Waals surface area contributed by atoms with Crippen molar-refractivity contribution in [1.29, 1.82) is 0 Å². The minimum Gasteiger partial charge on any atom is -0.491 e. The Hall–Kier alpha value is -2.33. The number of likely N-dealkylation sites (N-methyl/N-ethyl adjacent to an activating group) is 1. The highest BCUT2D eigenvalue weighted by atomic mass is 35.5. The predicted molar refractivity (Wildman–Crippen MR) is 129 cm³/mol. The third-order valence-corrected chi connectivity index (χ3v) is 7.48. The smallest absolute Gasteiger partial charge is 0.263 e. The number of fused-ring (bicyclic) bond motifs is 1. The van der Waals surface area contributed by atoms with Crippen LogP contribution in [-0.2, 0) is 14.8 Å². The van der Waals surface area contributed by atoms with Gasteiger partial charge in [-0.05, 0) is 43.2 Å². The number of benzene rings is 2. The fraction of sp³-hybridized carbons (Fsp3) is 0.435. The van der Waals surface area contributed by atoms with Crippen molar-refractivity contribution in [2.45, 2.75) is 30.9 Å². The number of nitrogens with one attached hydrogen (secondary N) is 2. The van der Waals surface area contributed by atoms with Crippen molar-refractivity contribution in [3.63, 3.8) is 0 Å². The Kier molecular flexibility index (Phi) is 8.23. The van der Waals surface area contributed by atoms with Gasteiger partial charge in [0.1, 0.15) is 17.3 Å². The van der Waals surface area contributed by atoms with Gasteiger partial charge in [0.2, 0.25) is 0 Å². The second kappa shape index (κ2) is 10.7. The molecule has 0 bridgehead atoms. The molecule has 0 aliphatic carbocycles. The van der Waals surface area contributed by atoms with Crippen molar-refractivity contribution in [3.05, 3.63) is 53.1 Å². The summed E-state index contributed by atoms with van der Waals surface area (Å²) in [6, 6.07) is 10.9. The molecule has 0 spiro atoms. The average Bonchev–Trinajstić information content (AvgIpc) is 2.78. The Balaban J connectivity index is 1.95. The number of rotatable bonds is 4. The lowest BCUT2D eigenvalue weighted by Crippen LogP contribution is -2.44. The van der Waals surface area contributed by atoms with Crippen molar-refractivity contribution in [2.75, 3.05) is 38.6 Å². The third-order valence-electron chi connectivity index (χ3n) is 5.60. The molecule has 0 unspecified atom stereocenters. The van der Waals surface area contributed by atoms with Crippen LogP contribution in [0, 0.1) is 5.92 Å². The molecule has 0 saturated carbocycles.